The van der Waals surface area contributed by atoms with Crippen molar-refractivity contribution in [2.75, 3.05) is 26.9 Å². The first kappa shape index (κ1) is 22.1. The van der Waals surface area contributed by atoms with E-state index in [0.717, 1.165) is 0 Å². The Morgan fingerprint density at radius 3 is 3.10 bits per heavy atom. The fourth-order valence-electron chi connectivity index (χ4n) is 2.79. The van der Waals surface area contributed by atoms with Gasteiger partial charge in [-0.15, -0.1) is 0 Å². The summed E-state index contributed by atoms with van der Waals surface area (Å²) < 4.78 is 44.1. The first-order valence-electron chi connectivity index (χ1n) is 10.8. The van der Waals surface area contributed by atoms with Crippen LogP contribution in [-0.2, 0) is 23.0 Å². The largest absolute Gasteiger partial charge is 0.382 e. The van der Waals surface area contributed by atoms with E-state index in [1.54, 1.807) is 19.1 Å². The normalized spacial score (nSPS) is 23.8. The predicted molar refractivity (Wildman–Crippen MR) is 114 cm³/mol. The van der Waals surface area contributed by atoms with E-state index in [4.69, 9.17) is 31.0 Å². The van der Waals surface area contributed by atoms with E-state index in [0.29, 0.717) is 18.6 Å². The van der Waals surface area contributed by atoms with Crippen LogP contribution in [0.1, 0.15) is 33.8 Å². The van der Waals surface area contributed by atoms with Gasteiger partial charge in [0.25, 0.3) is 5.56 Å². The third-order valence-corrected chi connectivity index (χ3v) is 5.51. The summed E-state index contributed by atoms with van der Waals surface area (Å²) in [6, 6.07) is 1.99. The van der Waals surface area contributed by atoms with E-state index in [2.05, 4.69) is 11.6 Å². The van der Waals surface area contributed by atoms with Gasteiger partial charge >= 0.3 is 14.3 Å². The summed E-state index contributed by atoms with van der Waals surface area (Å²) in [5.74, 6) is 0. The Balaban J connectivity index is 2.14. The average molecular weight is 456 g/mol. The van der Waals surface area contributed by atoms with Crippen LogP contribution in [0.2, 0.25) is 0 Å². The van der Waals surface area contributed by atoms with E-state index in [1.165, 1.54) is 10.8 Å². The van der Waals surface area contributed by atoms with Crippen molar-refractivity contribution in [1.82, 2.24) is 9.55 Å². The highest BCUT2D eigenvalue weighted by molar-refractivity contribution is 7.41. The van der Waals surface area contributed by atoms with Gasteiger partial charge in [-0.3, -0.25) is 14.3 Å². The number of hydrogen-bond donors (Lipinski definition) is 1. The maximum Gasteiger partial charge on any atom is 0.333 e. The molecule has 0 bridgehead atoms. The Morgan fingerprint density at radius 2 is 2.35 bits per heavy atom. The van der Waals surface area contributed by atoms with Crippen molar-refractivity contribution in [1.29, 1.82) is 5.26 Å². The Labute approximate surface area is 184 Å². The smallest absolute Gasteiger partial charge is 0.333 e. The van der Waals surface area contributed by atoms with Crippen LogP contribution in [0.3, 0.4) is 0 Å². The molecule has 0 radical (unpaired) electrons. The van der Waals surface area contributed by atoms with Crippen LogP contribution in [0.5, 0.6) is 0 Å². The second-order valence-electron chi connectivity index (χ2n) is 6.57. The molecule has 1 N–H and O–H groups in total. The third kappa shape index (κ3) is 7.82. The molecule has 10 nitrogen and oxygen atoms in total. The number of methoxy groups -OCH3 is 1. The fourth-order valence-corrected chi connectivity index (χ4v) is 3.92. The van der Waals surface area contributed by atoms with Gasteiger partial charge in [-0.25, -0.2) is 4.79 Å². The number of rotatable bonds is 13. The minimum absolute atomic E-state index is 0.114. The van der Waals surface area contributed by atoms with Crippen LogP contribution in [0.25, 0.3) is 0 Å². The number of aromatic amines is 1. The first-order valence-corrected chi connectivity index (χ1v) is 10.8. The zero-order chi connectivity index (χ0) is 24.2. The molecule has 1 fully saturated rings. The van der Waals surface area contributed by atoms with Crippen molar-refractivity contribution in [3.63, 3.8) is 0 Å². The van der Waals surface area contributed by atoms with Crippen LogP contribution < -0.4 is 11.2 Å². The fraction of sp³-hybridized carbons (Fsp3) is 0.550. The highest BCUT2D eigenvalue weighted by Crippen LogP contribution is 2.45. The summed E-state index contributed by atoms with van der Waals surface area (Å²) in [6.45, 7) is 5.46. The second-order valence-corrected chi connectivity index (χ2v) is 7.75. The molecule has 0 spiro atoms. The number of nitrogens with one attached hydrogen (secondary N) is 1. The quantitative estimate of drug-likeness (QED) is 0.273. The van der Waals surface area contributed by atoms with Crippen LogP contribution in [0.4, 0.5) is 0 Å². The maximum absolute atomic E-state index is 12.3. The second kappa shape index (κ2) is 13.3. The molecule has 5 atom stereocenters. The summed E-state index contributed by atoms with van der Waals surface area (Å²) >= 11 is 0. The lowest BCUT2D eigenvalue weighted by molar-refractivity contribution is -0.0534. The van der Waals surface area contributed by atoms with Gasteiger partial charge in [0.05, 0.1) is 41.2 Å². The molecule has 31 heavy (non-hydrogen) atoms. The van der Waals surface area contributed by atoms with Gasteiger partial charge in [0.2, 0.25) is 0 Å². The number of nitriles is 1. The van der Waals surface area contributed by atoms with Crippen molar-refractivity contribution >= 4 is 8.60 Å². The van der Waals surface area contributed by atoms with Gasteiger partial charge in [0.15, 0.2) is 0 Å². The zero-order valence-corrected chi connectivity index (χ0v) is 18.2. The monoisotopic (exact) mass is 456 g/mol. The van der Waals surface area contributed by atoms with Crippen LogP contribution in [0, 0.1) is 18.3 Å². The lowest BCUT2D eigenvalue weighted by atomic mass is 10.2. The van der Waals surface area contributed by atoms with E-state index in [1.807, 2.05) is 12.1 Å². The first-order chi connectivity index (χ1) is 15.8. The van der Waals surface area contributed by atoms with Gasteiger partial charge in [-0.05, 0) is 13.3 Å². The zero-order valence-electron chi connectivity index (χ0n) is 19.3. The van der Waals surface area contributed by atoms with Crippen molar-refractivity contribution in [3.05, 3.63) is 57.4 Å². The molecule has 170 valence electrons. The summed E-state index contributed by atoms with van der Waals surface area (Å²) in [6.07, 6.45) is 5.53. The van der Waals surface area contributed by atoms with Gasteiger partial charge < -0.3 is 23.0 Å². The third-order valence-electron chi connectivity index (χ3n) is 4.28. The molecular formula is C20H28N3O7P. The molecule has 1 saturated heterocycles. The minimum atomic E-state index is -1.85. The summed E-state index contributed by atoms with van der Waals surface area (Å²) in [5, 5.41) is 8.78. The van der Waals surface area contributed by atoms with E-state index in [9.17, 15) is 9.59 Å². The van der Waals surface area contributed by atoms with Crippen molar-refractivity contribution in [2.24, 2.45) is 0 Å². The van der Waals surface area contributed by atoms with Crippen molar-refractivity contribution in [3.8, 4) is 6.07 Å². The molecule has 1 aromatic rings. The molecule has 0 aromatic carbocycles. The molecule has 11 heteroatoms. The molecule has 1 aliphatic rings. The predicted octanol–water partition coefficient (Wildman–Crippen LogP) is 2.47. The van der Waals surface area contributed by atoms with Gasteiger partial charge in [-0.2, -0.15) is 5.26 Å². The number of aromatic nitrogens is 2. The summed E-state index contributed by atoms with van der Waals surface area (Å²) in [7, 11) is -3.37. The molecule has 0 amide bonds. The Morgan fingerprint density at radius 1 is 1.55 bits per heavy atom. The highest BCUT2D eigenvalue weighted by atomic mass is 31.2. The number of nitrogens with zero attached hydrogens (tertiary/aromatic N) is 2. The topological polar surface area (TPSA) is 125 Å². The lowest BCUT2D eigenvalue weighted by Crippen LogP contribution is -2.33. The Kier molecular flexibility index (Phi) is 9.49. The van der Waals surface area contributed by atoms with Gasteiger partial charge in [0.1, 0.15) is 12.3 Å². The number of hydrogen-bond acceptors (Lipinski definition) is 8. The summed E-state index contributed by atoms with van der Waals surface area (Å²) in [5.41, 5.74) is -0.778. The lowest BCUT2D eigenvalue weighted by Gasteiger charge is -2.22. The van der Waals surface area contributed by atoms with Crippen LogP contribution in [0.15, 0.2) is 40.6 Å². The molecule has 0 aliphatic carbocycles. The molecule has 1 aromatic heterocycles. The standard InChI is InChI=1S/C20H28N3O7P/c1-4-5-6-7-10-27-31(28-11-8-9-21)30-16-12-18(29-17(16)14-26-3)23-13-15(2)19(24)22-20(23)25/h4-6,13,16-18H,1,7-8,10-12,14H2,2-3H3,(H,22,24,25)/b6-5+/t16-,17-,18-,31?/m1/s1/i3TD/t3?,16-,17-,18-,31?. The molecule has 2 rings (SSSR count). The molecule has 2 heterocycles. The maximum atomic E-state index is 12.3. The van der Waals surface area contributed by atoms with Gasteiger partial charge in [-0.1, -0.05) is 24.8 Å². The van der Waals surface area contributed by atoms with E-state index < -0.39 is 45.3 Å². The van der Waals surface area contributed by atoms with Crippen molar-refractivity contribution in [2.45, 2.75) is 44.6 Å². The molecule has 0 saturated carbocycles. The number of H-pyrrole nitrogens is 1. The van der Waals surface area contributed by atoms with Crippen molar-refractivity contribution < 1.29 is 25.8 Å². The Hall–Kier alpha value is -2.12. The highest BCUT2D eigenvalue weighted by Gasteiger charge is 2.40. The van der Waals surface area contributed by atoms with E-state index >= 15 is 0 Å². The van der Waals surface area contributed by atoms with Gasteiger partial charge in [0, 0.05) is 25.2 Å². The average Bonchev–Trinajstić information content (AvgIpc) is 3.17. The number of ether oxygens (including phenoxy) is 2. The molecular weight excluding hydrogens is 425 g/mol. The SMILES string of the molecule is [2H]C([3H])OC[C@H]1O[C@@H](n2cc(C)c(=O)[nH]c2=O)C[C@H]1OP(OCCC#N)OCC/C=C/C=C. The van der Waals surface area contributed by atoms with E-state index in [-0.39, 0.29) is 26.1 Å². The van der Waals surface area contributed by atoms with Crippen LogP contribution >= 0.6 is 8.60 Å². The van der Waals surface area contributed by atoms with Crippen LogP contribution in [-0.4, -0.2) is 48.6 Å². The number of aryl methyl sites for hydroxylation is 1. The summed E-state index contributed by atoms with van der Waals surface area (Å²) in [4.78, 5) is 26.2. The molecule has 2 unspecified atom stereocenters. The molecule has 1 aliphatic heterocycles. The number of allylic oxidation sites excluding steroid dienone is 2. The Bertz CT molecular complexity index is 947. The minimum Gasteiger partial charge on any atom is -0.382 e.